The summed E-state index contributed by atoms with van der Waals surface area (Å²) in [4.78, 5) is 0. The van der Waals surface area contributed by atoms with Gasteiger partial charge in [0.1, 0.15) is 0 Å². The van der Waals surface area contributed by atoms with Crippen molar-refractivity contribution < 1.29 is 0 Å². The second-order valence-corrected chi connectivity index (χ2v) is 4.20. The largest absolute Gasteiger partial charge is 0.305 e. The van der Waals surface area contributed by atoms with E-state index in [1.165, 1.54) is 23.3 Å². The van der Waals surface area contributed by atoms with Crippen molar-refractivity contribution in [1.29, 1.82) is 0 Å². The first-order valence-corrected chi connectivity index (χ1v) is 5.33. The van der Waals surface area contributed by atoms with Gasteiger partial charge in [0.15, 0.2) is 0 Å². The Morgan fingerprint density at radius 3 is 3.08 bits per heavy atom. The summed E-state index contributed by atoms with van der Waals surface area (Å²) in [6.07, 6.45) is 1.22. The lowest BCUT2D eigenvalue weighted by Crippen LogP contribution is -2.19. The van der Waals surface area contributed by atoms with Gasteiger partial charge in [0.05, 0.1) is 5.37 Å². The summed E-state index contributed by atoms with van der Waals surface area (Å²) in [6.45, 7) is 0. The van der Waals surface area contributed by atoms with Gasteiger partial charge in [-0.05, 0) is 30.3 Å². The molecule has 1 atom stereocenters. The molecule has 2 heteroatoms. The molecule has 1 aliphatic rings. The molecule has 64 valence electrons. The van der Waals surface area contributed by atoms with E-state index in [4.69, 9.17) is 0 Å². The summed E-state index contributed by atoms with van der Waals surface area (Å²) in [7, 11) is 2.03. The number of fused-ring (bicyclic) bond motifs is 1. The van der Waals surface area contributed by atoms with Crippen molar-refractivity contribution in [3.63, 3.8) is 0 Å². The number of thioether (sulfide) groups is 1. The summed E-state index contributed by atoms with van der Waals surface area (Å²) in [5, 5.41) is 3.83. The van der Waals surface area contributed by atoms with E-state index in [1.807, 2.05) is 18.8 Å². The van der Waals surface area contributed by atoms with Crippen LogP contribution in [0.2, 0.25) is 0 Å². The van der Waals surface area contributed by atoms with E-state index in [2.05, 4.69) is 29.6 Å². The van der Waals surface area contributed by atoms with E-state index in [0.717, 1.165) is 0 Å². The Morgan fingerprint density at radius 2 is 2.25 bits per heavy atom. The fourth-order valence-corrected chi connectivity index (χ4v) is 2.78. The van der Waals surface area contributed by atoms with Gasteiger partial charge in [-0.15, -0.1) is 11.8 Å². The Labute approximate surface area is 77.6 Å². The van der Waals surface area contributed by atoms with Crippen LogP contribution in [0.15, 0.2) is 24.3 Å². The lowest BCUT2D eigenvalue weighted by molar-refractivity contribution is 0.771. The molecule has 1 heterocycles. The highest BCUT2D eigenvalue weighted by molar-refractivity contribution is 7.99. The summed E-state index contributed by atoms with van der Waals surface area (Å²) in [6, 6.07) is 8.71. The number of aryl methyl sites for hydroxylation is 1. The second-order valence-electron chi connectivity index (χ2n) is 2.99. The van der Waals surface area contributed by atoms with Crippen LogP contribution in [0.3, 0.4) is 0 Å². The van der Waals surface area contributed by atoms with Gasteiger partial charge in [-0.2, -0.15) is 0 Å². The summed E-state index contributed by atoms with van der Waals surface area (Å²) < 4.78 is 0. The minimum atomic E-state index is 0.509. The van der Waals surface area contributed by atoms with E-state index in [-0.39, 0.29) is 0 Å². The van der Waals surface area contributed by atoms with Crippen molar-refractivity contribution in [1.82, 2.24) is 5.32 Å². The van der Waals surface area contributed by atoms with E-state index in [9.17, 15) is 0 Å². The zero-order chi connectivity index (χ0) is 8.39. The fraction of sp³-hybridized carbons (Fsp3) is 0.400. The predicted molar refractivity (Wildman–Crippen MR) is 54.4 cm³/mol. The van der Waals surface area contributed by atoms with Gasteiger partial charge in [-0.25, -0.2) is 0 Å². The van der Waals surface area contributed by atoms with E-state index in [1.54, 1.807) is 0 Å². The highest BCUT2D eigenvalue weighted by Crippen LogP contribution is 2.33. The van der Waals surface area contributed by atoms with Gasteiger partial charge in [-0.3, -0.25) is 0 Å². The van der Waals surface area contributed by atoms with Gasteiger partial charge in [0, 0.05) is 0 Å². The zero-order valence-electron chi connectivity index (χ0n) is 7.21. The van der Waals surface area contributed by atoms with E-state index >= 15 is 0 Å². The maximum absolute atomic E-state index is 3.32. The van der Waals surface area contributed by atoms with Crippen LogP contribution < -0.4 is 5.32 Å². The molecule has 1 aliphatic heterocycles. The molecule has 2 rings (SSSR count). The molecule has 1 nitrogen and oxygen atoms in total. The van der Waals surface area contributed by atoms with Gasteiger partial charge < -0.3 is 5.32 Å². The lowest BCUT2D eigenvalue weighted by Gasteiger charge is -2.24. The van der Waals surface area contributed by atoms with Crippen molar-refractivity contribution >= 4 is 11.8 Å². The van der Waals surface area contributed by atoms with Crippen LogP contribution in [0.25, 0.3) is 0 Å². The van der Waals surface area contributed by atoms with Crippen LogP contribution in [0.5, 0.6) is 0 Å². The normalized spacial score (nSPS) is 21.9. The number of hydrogen-bond donors (Lipinski definition) is 1. The van der Waals surface area contributed by atoms with Crippen LogP contribution in [-0.4, -0.2) is 12.8 Å². The van der Waals surface area contributed by atoms with Crippen LogP contribution >= 0.6 is 11.8 Å². The van der Waals surface area contributed by atoms with Crippen molar-refractivity contribution in [2.45, 2.75) is 11.8 Å². The van der Waals surface area contributed by atoms with Crippen LogP contribution in [0.4, 0.5) is 0 Å². The molecule has 0 saturated carbocycles. The van der Waals surface area contributed by atoms with E-state index in [0.29, 0.717) is 5.37 Å². The van der Waals surface area contributed by atoms with Crippen molar-refractivity contribution in [2.24, 2.45) is 0 Å². The van der Waals surface area contributed by atoms with Gasteiger partial charge in [0.25, 0.3) is 0 Å². The molecular weight excluding hydrogens is 166 g/mol. The molecule has 12 heavy (non-hydrogen) atoms. The van der Waals surface area contributed by atoms with Crippen molar-refractivity contribution in [3.05, 3.63) is 35.4 Å². The first kappa shape index (κ1) is 8.14. The molecule has 0 unspecified atom stereocenters. The molecule has 1 N–H and O–H groups in total. The van der Waals surface area contributed by atoms with Crippen molar-refractivity contribution in [3.8, 4) is 0 Å². The Morgan fingerprint density at radius 1 is 1.42 bits per heavy atom. The topological polar surface area (TPSA) is 12.0 Å². The Balaban J connectivity index is 2.37. The monoisotopic (exact) mass is 179 g/mol. The molecule has 0 saturated heterocycles. The standard InChI is InChI=1S/C10H13NS/c1-11-10-9-5-3-2-4-8(9)6-7-12-10/h2-5,10-11H,6-7H2,1H3/t10-/m0/s1. The van der Waals surface area contributed by atoms with Gasteiger partial charge >= 0.3 is 0 Å². The molecule has 0 aliphatic carbocycles. The minimum absolute atomic E-state index is 0.509. The number of hydrogen-bond acceptors (Lipinski definition) is 2. The quantitative estimate of drug-likeness (QED) is 0.709. The summed E-state index contributed by atoms with van der Waals surface area (Å²) >= 11 is 1.99. The van der Waals surface area contributed by atoms with Crippen LogP contribution in [-0.2, 0) is 6.42 Å². The highest BCUT2D eigenvalue weighted by Gasteiger charge is 2.17. The second kappa shape index (κ2) is 3.50. The molecule has 0 bridgehead atoms. The maximum atomic E-state index is 3.32. The molecular formula is C10H13NS. The Hall–Kier alpha value is -0.470. The minimum Gasteiger partial charge on any atom is -0.305 e. The fourth-order valence-electron chi connectivity index (χ4n) is 1.63. The molecule has 0 aromatic heterocycles. The first-order chi connectivity index (χ1) is 5.92. The zero-order valence-corrected chi connectivity index (χ0v) is 8.03. The molecule has 0 radical (unpaired) electrons. The Bertz CT molecular complexity index is 272. The molecule has 1 aromatic carbocycles. The summed E-state index contributed by atoms with van der Waals surface area (Å²) in [5.41, 5.74) is 2.98. The smallest absolute Gasteiger partial charge is 0.0789 e. The van der Waals surface area contributed by atoms with Gasteiger partial charge in [-0.1, -0.05) is 24.3 Å². The maximum Gasteiger partial charge on any atom is 0.0789 e. The highest BCUT2D eigenvalue weighted by atomic mass is 32.2. The average molecular weight is 179 g/mol. The molecule has 0 fully saturated rings. The third-order valence-corrected chi connectivity index (χ3v) is 3.52. The Kier molecular flexibility index (Phi) is 2.38. The summed E-state index contributed by atoms with van der Waals surface area (Å²) in [5.74, 6) is 1.24. The third-order valence-electron chi connectivity index (χ3n) is 2.26. The molecule has 0 amide bonds. The van der Waals surface area contributed by atoms with Crippen molar-refractivity contribution in [2.75, 3.05) is 12.8 Å². The van der Waals surface area contributed by atoms with Crippen LogP contribution in [0, 0.1) is 0 Å². The number of benzene rings is 1. The van der Waals surface area contributed by atoms with Gasteiger partial charge in [0.2, 0.25) is 0 Å². The predicted octanol–water partition coefficient (Wildman–Crippen LogP) is 2.19. The lowest BCUT2D eigenvalue weighted by atomic mass is 10.0. The number of rotatable bonds is 1. The average Bonchev–Trinajstić information content (AvgIpc) is 2.17. The van der Waals surface area contributed by atoms with E-state index < -0.39 is 0 Å². The van der Waals surface area contributed by atoms with Crippen LogP contribution in [0.1, 0.15) is 16.5 Å². The molecule has 1 aromatic rings. The third kappa shape index (κ3) is 1.37. The molecule has 0 spiro atoms. The SMILES string of the molecule is CN[C@H]1SCCc2ccccc21. The first-order valence-electron chi connectivity index (χ1n) is 4.28. The number of nitrogens with one attached hydrogen (secondary N) is 1.